The van der Waals surface area contributed by atoms with E-state index in [2.05, 4.69) is 15.9 Å². The van der Waals surface area contributed by atoms with Gasteiger partial charge in [-0.1, -0.05) is 11.6 Å². The van der Waals surface area contributed by atoms with Gasteiger partial charge in [0.15, 0.2) is 17.1 Å². The topological polar surface area (TPSA) is 30.2 Å². The van der Waals surface area contributed by atoms with Crippen LogP contribution in [0.4, 0.5) is 4.39 Å². The van der Waals surface area contributed by atoms with Gasteiger partial charge in [-0.2, -0.15) is 0 Å². The molecular weight excluding hydrogens is 286 g/mol. The SMILES string of the molecule is CC(=O)c1cc2c(F)c(Br)cc(Cl)c2o1. The molecule has 2 rings (SSSR count). The molecule has 2 aromatic rings. The molecule has 0 aliphatic carbocycles. The third kappa shape index (κ3) is 1.68. The van der Waals surface area contributed by atoms with Crippen molar-refractivity contribution in [2.24, 2.45) is 0 Å². The number of benzene rings is 1. The molecule has 2 nitrogen and oxygen atoms in total. The van der Waals surface area contributed by atoms with Crippen molar-refractivity contribution in [2.45, 2.75) is 6.92 Å². The molecule has 0 saturated carbocycles. The lowest BCUT2D eigenvalue weighted by molar-refractivity contribution is 0.0989. The van der Waals surface area contributed by atoms with Gasteiger partial charge in [0.25, 0.3) is 0 Å². The molecule has 0 atom stereocenters. The average Bonchev–Trinajstić information content (AvgIpc) is 2.59. The molecule has 0 unspecified atom stereocenters. The second-order valence-corrected chi connectivity index (χ2v) is 4.33. The van der Waals surface area contributed by atoms with Crippen LogP contribution in [-0.4, -0.2) is 5.78 Å². The summed E-state index contributed by atoms with van der Waals surface area (Å²) in [6.07, 6.45) is 0. The maximum atomic E-state index is 13.6. The van der Waals surface area contributed by atoms with Gasteiger partial charge >= 0.3 is 0 Å². The van der Waals surface area contributed by atoms with Crippen LogP contribution >= 0.6 is 27.5 Å². The Labute approximate surface area is 98.1 Å². The molecule has 0 fully saturated rings. The summed E-state index contributed by atoms with van der Waals surface area (Å²) in [7, 11) is 0. The van der Waals surface area contributed by atoms with Gasteiger partial charge in [0.05, 0.1) is 14.9 Å². The van der Waals surface area contributed by atoms with Crippen molar-refractivity contribution in [3.63, 3.8) is 0 Å². The number of rotatable bonds is 1. The minimum atomic E-state index is -0.481. The number of Topliss-reactive ketones (excluding diaryl/α,β-unsaturated/α-hetero) is 1. The molecule has 0 amide bonds. The summed E-state index contributed by atoms with van der Waals surface area (Å²) in [5.41, 5.74) is 0.197. The fourth-order valence-electron chi connectivity index (χ4n) is 1.27. The van der Waals surface area contributed by atoms with Crippen LogP contribution in [0.5, 0.6) is 0 Å². The Morgan fingerprint density at radius 1 is 1.53 bits per heavy atom. The van der Waals surface area contributed by atoms with Gasteiger partial charge in [0, 0.05) is 6.92 Å². The minimum absolute atomic E-state index is 0.101. The summed E-state index contributed by atoms with van der Waals surface area (Å²) >= 11 is 8.88. The van der Waals surface area contributed by atoms with Gasteiger partial charge in [-0.15, -0.1) is 0 Å². The number of furan rings is 1. The standard InChI is InChI=1S/C10H5BrClFO2/c1-4(14)8-2-5-9(13)6(11)3-7(12)10(5)15-8/h2-3H,1H3. The van der Waals surface area contributed by atoms with E-state index in [0.717, 1.165) is 0 Å². The maximum Gasteiger partial charge on any atom is 0.194 e. The molecule has 15 heavy (non-hydrogen) atoms. The highest BCUT2D eigenvalue weighted by Gasteiger charge is 2.16. The number of carbonyl (C=O) groups is 1. The quantitative estimate of drug-likeness (QED) is 0.582. The van der Waals surface area contributed by atoms with Crippen molar-refractivity contribution >= 4 is 44.3 Å². The fourth-order valence-corrected chi connectivity index (χ4v) is 2.10. The van der Waals surface area contributed by atoms with Gasteiger partial charge in [-0.25, -0.2) is 4.39 Å². The first-order valence-corrected chi connectivity index (χ1v) is 5.25. The molecule has 0 bridgehead atoms. The van der Waals surface area contributed by atoms with E-state index < -0.39 is 5.82 Å². The van der Waals surface area contributed by atoms with Gasteiger partial charge in [0.1, 0.15) is 5.82 Å². The lowest BCUT2D eigenvalue weighted by atomic mass is 10.2. The van der Waals surface area contributed by atoms with E-state index in [-0.39, 0.29) is 32.0 Å². The van der Waals surface area contributed by atoms with Crippen LogP contribution in [-0.2, 0) is 0 Å². The van der Waals surface area contributed by atoms with E-state index in [1.54, 1.807) is 0 Å². The van der Waals surface area contributed by atoms with Crippen LogP contribution in [0.3, 0.4) is 0 Å². The van der Waals surface area contributed by atoms with Crippen molar-refractivity contribution < 1.29 is 13.6 Å². The Balaban J connectivity index is 2.85. The monoisotopic (exact) mass is 290 g/mol. The zero-order valence-corrected chi connectivity index (χ0v) is 9.95. The Hall–Kier alpha value is -0.870. The van der Waals surface area contributed by atoms with E-state index in [4.69, 9.17) is 16.0 Å². The van der Waals surface area contributed by atoms with E-state index in [1.165, 1.54) is 19.1 Å². The number of hydrogen-bond acceptors (Lipinski definition) is 2. The fraction of sp³-hybridized carbons (Fsp3) is 0.100. The Morgan fingerprint density at radius 3 is 2.80 bits per heavy atom. The van der Waals surface area contributed by atoms with E-state index >= 15 is 0 Å². The summed E-state index contributed by atoms with van der Waals surface area (Å²) in [6, 6.07) is 2.75. The van der Waals surface area contributed by atoms with Crippen LogP contribution in [0.25, 0.3) is 11.0 Å². The van der Waals surface area contributed by atoms with Crippen LogP contribution < -0.4 is 0 Å². The molecule has 78 valence electrons. The van der Waals surface area contributed by atoms with Gasteiger partial charge < -0.3 is 4.42 Å². The third-order valence-corrected chi connectivity index (χ3v) is 2.85. The van der Waals surface area contributed by atoms with E-state index in [1.807, 2.05) is 0 Å². The first-order chi connectivity index (χ1) is 7.00. The maximum absolute atomic E-state index is 13.6. The van der Waals surface area contributed by atoms with Crippen LogP contribution in [0.2, 0.25) is 5.02 Å². The van der Waals surface area contributed by atoms with Crippen molar-refractivity contribution in [1.82, 2.24) is 0 Å². The van der Waals surface area contributed by atoms with Crippen molar-refractivity contribution in [3.05, 3.63) is 33.2 Å². The van der Waals surface area contributed by atoms with E-state index in [0.29, 0.717) is 0 Å². The molecule has 1 aromatic heterocycles. The van der Waals surface area contributed by atoms with Crippen LogP contribution in [0.1, 0.15) is 17.5 Å². The lowest BCUT2D eigenvalue weighted by Gasteiger charge is -1.96. The zero-order valence-electron chi connectivity index (χ0n) is 7.61. The molecule has 0 aliphatic rings. The summed E-state index contributed by atoms with van der Waals surface area (Å²) in [6.45, 7) is 1.35. The average molecular weight is 292 g/mol. The van der Waals surface area contributed by atoms with Gasteiger partial charge in [0.2, 0.25) is 0 Å². The number of carbonyl (C=O) groups excluding carboxylic acids is 1. The smallest absolute Gasteiger partial charge is 0.194 e. The number of fused-ring (bicyclic) bond motifs is 1. The summed E-state index contributed by atoms with van der Waals surface area (Å²) in [5, 5.41) is 0.477. The first-order valence-electron chi connectivity index (χ1n) is 4.08. The minimum Gasteiger partial charge on any atom is -0.451 e. The molecule has 0 aliphatic heterocycles. The van der Waals surface area contributed by atoms with Crippen LogP contribution in [0.15, 0.2) is 21.0 Å². The predicted molar refractivity (Wildman–Crippen MR) is 58.9 cm³/mol. The highest BCUT2D eigenvalue weighted by atomic mass is 79.9. The second kappa shape index (κ2) is 3.61. The molecule has 0 saturated heterocycles. The van der Waals surface area contributed by atoms with Crippen molar-refractivity contribution in [1.29, 1.82) is 0 Å². The molecule has 0 radical (unpaired) electrons. The highest BCUT2D eigenvalue weighted by Crippen LogP contribution is 2.33. The third-order valence-electron chi connectivity index (χ3n) is 2.00. The highest BCUT2D eigenvalue weighted by molar-refractivity contribution is 9.10. The molecule has 1 heterocycles. The zero-order chi connectivity index (χ0) is 11.2. The molecule has 1 aromatic carbocycles. The Bertz CT molecular complexity index is 562. The summed E-state index contributed by atoms with van der Waals surface area (Å²) in [4.78, 5) is 11.1. The number of hydrogen-bond donors (Lipinski definition) is 0. The van der Waals surface area contributed by atoms with Gasteiger partial charge in [-0.05, 0) is 28.1 Å². The van der Waals surface area contributed by atoms with Crippen molar-refractivity contribution in [3.8, 4) is 0 Å². The Morgan fingerprint density at radius 2 is 2.20 bits per heavy atom. The summed E-state index contributed by atoms with van der Waals surface area (Å²) in [5.74, 6) is -0.646. The van der Waals surface area contributed by atoms with Crippen molar-refractivity contribution in [2.75, 3.05) is 0 Å². The lowest BCUT2D eigenvalue weighted by Crippen LogP contribution is -1.85. The largest absolute Gasteiger partial charge is 0.451 e. The Kier molecular flexibility index (Phi) is 2.56. The molecule has 0 N–H and O–H groups in total. The summed E-state index contributed by atoms with van der Waals surface area (Å²) < 4.78 is 19.0. The molecular formula is C10H5BrClFO2. The normalized spacial score (nSPS) is 10.9. The second-order valence-electron chi connectivity index (χ2n) is 3.06. The van der Waals surface area contributed by atoms with Crippen LogP contribution in [0, 0.1) is 5.82 Å². The predicted octanol–water partition coefficient (Wildman–Crippen LogP) is 4.19. The number of ketones is 1. The first kappa shape index (κ1) is 10.6. The molecule has 0 spiro atoms. The number of halogens is 3. The van der Waals surface area contributed by atoms with Gasteiger partial charge in [-0.3, -0.25) is 4.79 Å². The molecule has 5 heteroatoms. The van der Waals surface area contributed by atoms with E-state index in [9.17, 15) is 9.18 Å².